The van der Waals surface area contributed by atoms with Gasteiger partial charge in [-0.1, -0.05) is 57.4 Å². The number of H-pyrrole nitrogens is 1. The first-order valence-electron chi connectivity index (χ1n) is 23.0. The van der Waals surface area contributed by atoms with Gasteiger partial charge in [0.05, 0.1) is 34.1 Å². The second-order valence-corrected chi connectivity index (χ2v) is 20.6. The standard InChI is InChI=1S/C48H56N10O5S/c1-31(2)37-11-6-7-12-38(37)41-13-8-20-56(41)35-26-48(27-35)17-21-55(22-18-48)34-14-15-39(42(24-34)57-43-23-33-16-19-49-45(33)53-40(43)30-52-57)47(59)54-64(62,63)36-25-44(58(60)61)46(51-29-36)50-28-32-9-4-3-5-10-32/h6-7,11-12,14-16,19,23-25,29-32,35,41H,3-5,8-10,13,17-18,20-22,26-28H2,1-2H3,(H,49,53)(H,50,51)(H,54,59)/t41-/m0/s1. The summed E-state index contributed by atoms with van der Waals surface area (Å²) in [7, 11) is -4.60. The average molecular weight is 885 g/mol. The Morgan fingerprint density at radius 3 is 2.55 bits per heavy atom. The van der Waals surface area contributed by atoms with Gasteiger partial charge in [-0.3, -0.25) is 19.8 Å². The van der Waals surface area contributed by atoms with Crippen molar-refractivity contribution in [2.24, 2.45) is 11.3 Å². The van der Waals surface area contributed by atoms with Gasteiger partial charge < -0.3 is 15.2 Å². The summed E-state index contributed by atoms with van der Waals surface area (Å²) in [6, 6.07) is 20.3. The molecule has 6 aromatic rings. The molecule has 0 unspecified atom stereocenters. The van der Waals surface area contributed by atoms with Crippen LogP contribution in [0.3, 0.4) is 0 Å². The number of fused-ring (bicyclic) bond motifs is 2. The molecule has 15 nitrogen and oxygen atoms in total. The quantitative estimate of drug-likeness (QED) is 0.0787. The van der Waals surface area contributed by atoms with E-state index in [4.69, 9.17) is 4.98 Å². The summed E-state index contributed by atoms with van der Waals surface area (Å²) in [5.74, 6) is -0.0448. The fourth-order valence-electron chi connectivity index (χ4n) is 11.1. The van der Waals surface area contributed by atoms with Crippen molar-refractivity contribution in [2.75, 3.05) is 36.4 Å². The van der Waals surface area contributed by atoms with Gasteiger partial charge in [-0.15, -0.1) is 0 Å². The minimum atomic E-state index is -4.60. The number of pyridine rings is 2. The van der Waals surface area contributed by atoms with Gasteiger partial charge in [-0.05, 0) is 117 Å². The molecule has 1 amide bonds. The monoisotopic (exact) mass is 884 g/mol. The zero-order valence-electron chi connectivity index (χ0n) is 36.5. The van der Waals surface area contributed by atoms with Crippen molar-refractivity contribution in [1.29, 1.82) is 0 Å². The first-order chi connectivity index (χ1) is 30.9. The zero-order chi connectivity index (χ0) is 44.2. The molecule has 64 heavy (non-hydrogen) atoms. The third-order valence-electron chi connectivity index (χ3n) is 14.6. The number of likely N-dealkylation sites (tertiary alicyclic amines) is 1. The molecular weight excluding hydrogens is 829 g/mol. The topological polar surface area (TPSA) is 184 Å². The molecule has 0 bridgehead atoms. The lowest BCUT2D eigenvalue weighted by molar-refractivity contribution is -0.384. The van der Waals surface area contributed by atoms with Crippen LogP contribution >= 0.6 is 0 Å². The lowest BCUT2D eigenvalue weighted by Gasteiger charge is -2.56. The molecule has 334 valence electrons. The molecular formula is C48H56N10O5S. The summed E-state index contributed by atoms with van der Waals surface area (Å²) in [5, 5.41) is 20.7. The van der Waals surface area contributed by atoms with Crippen LogP contribution in [0.4, 0.5) is 17.2 Å². The molecule has 1 spiro atoms. The second-order valence-electron chi connectivity index (χ2n) is 18.9. The molecule has 4 aromatic heterocycles. The number of carbonyl (C=O) groups is 1. The SMILES string of the molecule is CC(C)c1ccccc1[C@@H]1CCCN1C1CC2(CCN(c3ccc(C(=O)NS(=O)(=O)c4cnc(NCC5CCCCC5)c([N+](=O)[O-])c4)c(-n4ncc5nc6[nH]ccc6cc54)c3)CC2)C1. The summed E-state index contributed by atoms with van der Waals surface area (Å²) < 4.78 is 31.4. The van der Waals surface area contributed by atoms with Gasteiger partial charge in [-0.25, -0.2) is 27.8 Å². The highest BCUT2D eigenvalue weighted by Gasteiger charge is 2.50. The van der Waals surface area contributed by atoms with Gasteiger partial charge in [0, 0.05) is 55.1 Å². The van der Waals surface area contributed by atoms with E-state index in [1.165, 1.54) is 43.2 Å². The number of anilines is 2. The van der Waals surface area contributed by atoms with E-state index in [-0.39, 0.29) is 11.4 Å². The van der Waals surface area contributed by atoms with Gasteiger partial charge >= 0.3 is 5.69 Å². The van der Waals surface area contributed by atoms with Crippen LogP contribution in [-0.2, 0) is 10.0 Å². The number of nitrogens with one attached hydrogen (secondary N) is 3. The van der Waals surface area contributed by atoms with Crippen LogP contribution in [0, 0.1) is 21.4 Å². The molecule has 2 saturated carbocycles. The smallest absolute Gasteiger partial charge is 0.312 e. The van der Waals surface area contributed by atoms with E-state index in [1.807, 2.05) is 24.3 Å². The Hall–Kier alpha value is -5.87. The molecule has 2 aromatic carbocycles. The van der Waals surface area contributed by atoms with E-state index in [0.717, 1.165) is 81.5 Å². The van der Waals surface area contributed by atoms with Gasteiger partial charge in [0.15, 0.2) is 0 Å². The maximum atomic E-state index is 14.2. The highest BCUT2D eigenvalue weighted by atomic mass is 32.2. The van der Waals surface area contributed by atoms with Crippen molar-refractivity contribution < 1.29 is 18.1 Å². The van der Waals surface area contributed by atoms with E-state index in [0.29, 0.717) is 58.2 Å². The maximum Gasteiger partial charge on any atom is 0.312 e. The number of nitro groups is 1. The van der Waals surface area contributed by atoms with Crippen molar-refractivity contribution in [3.05, 3.63) is 106 Å². The number of hydrogen-bond acceptors (Lipinski definition) is 11. The Bertz CT molecular complexity index is 2830. The number of sulfonamides is 1. The number of carbonyl (C=O) groups excluding carboxylic acids is 1. The first-order valence-corrected chi connectivity index (χ1v) is 24.4. The summed E-state index contributed by atoms with van der Waals surface area (Å²) in [5.41, 5.74) is 6.09. The highest BCUT2D eigenvalue weighted by molar-refractivity contribution is 7.90. The highest BCUT2D eigenvalue weighted by Crippen LogP contribution is 2.54. The normalized spacial score (nSPS) is 19.7. The Labute approximate surface area is 373 Å². The van der Waals surface area contributed by atoms with Crippen molar-refractivity contribution in [1.82, 2.24) is 34.4 Å². The van der Waals surface area contributed by atoms with Crippen molar-refractivity contribution >= 4 is 55.2 Å². The summed E-state index contributed by atoms with van der Waals surface area (Å²) in [6.07, 6.45) is 16.9. The van der Waals surface area contributed by atoms with Crippen LogP contribution in [0.25, 0.3) is 27.8 Å². The minimum Gasteiger partial charge on any atom is -0.371 e. The molecule has 16 heteroatoms. The van der Waals surface area contributed by atoms with Crippen molar-refractivity contribution in [3.8, 4) is 5.69 Å². The zero-order valence-corrected chi connectivity index (χ0v) is 37.3. The fourth-order valence-corrected chi connectivity index (χ4v) is 12.1. The van der Waals surface area contributed by atoms with Gasteiger partial charge in [0.1, 0.15) is 16.1 Å². The molecule has 10 rings (SSSR count). The van der Waals surface area contributed by atoms with Gasteiger partial charge in [-0.2, -0.15) is 5.10 Å². The molecule has 2 aliphatic heterocycles. The number of rotatable bonds is 12. The van der Waals surface area contributed by atoms with Gasteiger partial charge in [0.25, 0.3) is 15.9 Å². The molecule has 0 radical (unpaired) electrons. The number of benzene rings is 2. The molecule has 4 fully saturated rings. The third kappa shape index (κ3) is 7.99. The van der Waals surface area contributed by atoms with Gasteiger partial charge in [0.2, 0.25) is 5.82 Å². The van der Waals surface area contributed by atoms with Crippen LogP contribution in [0.2, 0.25) is 0 Å². The summed E-state index contributed by atoms with van der Waals surface area (Å²) in [6.45, 7) is 7.96. The van der Waals surface area contributed by atoms with Crippen LogP contribution in [-0.4, -0.2) is 81.1 Å². The molecule has 4 aliphatic rings. The molecule has 6 heterocycles. The Morgan fingerprint density at radius 2 is 1.77 bits per heavy atom. The lowest BCUT2D eigenvalue weighted by Crippen LogP contribution is -2.55. The van der Waals surface area contributed by atoms with Crippen LogP contribution < -0.4 is 14.9 Å². The third-order valence-corrected chi connectivity index (χ3v) is 15.9. The Morgan fingerprint density at radius 1 is 0.969 bits per heavy atom. The predicted octanol–water partition coefficient (Wildman–Crippen LogP) is 9.03. The molecule has 2 aliphatic carbocycles. The fraction of sp³-hybridized carbons (Fsp3) is 0.458. The maximum absolute atomic E-state index is 14.2. The number of nitrogens with zero attached hydrogens (tertiary/aromatic N) is 7. The average Bonchev–Trinajstić information content (AvgIpc) is 4.07. The molecule has 2 saturated heterocycles. The Kier molecular flexibility index (Phi) is 11.1. The number of hydrogen-bond donors (Lipinski definition) is 3. The number of aromatic nitrogens is 5. The molecule has 1 atom stereocenters. The van der Waals surface area contributed by atoms with E-state index in [1.54, 1.807) is 23.1 Å². The predicted molar refractivity (Wildman–Crippen MR) is 247 cm³/mol. The lowest BCUT2D eigenvalue weighted by atomic mass is 9.59. The number of aromatic amines is 1. The summed E-state index contributed by atoms with van der Waals surface area (Å²) >= 11 is 0. The van der Waals surface area contributed by atoms with E-state index in [9.17, 15) is 23.3 Å². The van der Waals surface area contributed by atoms with Crippen LogP contribution in [0.5, 0.6) is 0 Å². The van der Waals surface area contributed by atoms with Crippen LogP contribution in [0.15, 0.2) is 84.1 Å². The van der Waals surface area contributed by atoms with Crippen LogP contribution in [0.1, 0.15) is 118 Å². The van der Waals surface area contributed by atoms with Crippen molar-refractivity contribution in [2.45, 2.75) is 107 Å². The first kappa shape index (κ1) is 42.1. The molecule has 3 N–H and O–H groups in total. The van der Waals surface area contributed by atoms with E-state index < -0.39 is 31.4 Å². The number of amides is 1. The second kappa shape index (κ2) is 16.9. The largest absolute Gasteiger partial charge is 0.371 e. The van der Waals surface area contributed by atoms with E-state index in [2.05, 4.69) is 73.0 Å². The summed E-state index contributed by atoms with van der Waals surface area (Å²) in [4.78, 5) is 42.4. The van der Waals surface area contributed by atoms with Crippen molar-refractivity contribution in [3.63, 3.8) is 0 Å². The van der Waals surface area contributed by atoms with E-state index >= 15 is 0 Å². The Balaban J connectivity index is 0.886. The minimum absolute atomic E-state index is 0.00123. The number of piperidine rings is 1.